The van der Waals surface area contributed by atoms with Crippen LogP contribution >= 0.6 is 0 Å². The zero-order chi connectivity index (χ0) is 14.7. The molecule has 2 nitrogen and oxygen atoms in total. The van der Waals surface area contributed by atoms with Crippen LogP contribution in [0.15, 0.2) is 30.5 Å². The molecule has 1 unspecified atom stereocenters. The Morgan fingerprint density at radius 3 is 2.50 bits per heavy atom. The predicted molar refractivity (Wildman–Crippen MR) is 70.8 cm³/mol. The Kier molecular flexibility index (Phi) is 4.39. The first-order valence-electron chi connectivity index (χ1n) is 6.34. The molecule has 5 heteroatoms. The summed E-state index contributed by atoms with van der Waals surface area (Å²) < 4.78 is 40.4. The van der Waals surface area contributed by atoms with Crippen LogP contribution in [0.25, 0.3) is 0 Å². The van der Waals surface area contributed by atoms with Crippen molar-refractivity contribution in [2.75, 3.05) is 6.54 Å². The van der Waals surface area contributed by atoms with Crippen molar-refractivity contribution in [3.8, 4) is 0 Å². The van der Waals surface area contributed by atoms with Gasteiger partial charge in [-0.15, -0.1) is 0 Å². The van der Waals surface area contributed by atoms with E-state index in [2.05, 4.69) is 10.3 Å². The smallest absolute Gasteiger partial charge is 0.194 e. The zero-order valence-corrected chi connectivity index (χ0v) is 11.3. The SMILES string of the molecule is CCNC(c1cccnc1C)c1ccc(F)c(F)c1F. The Labute approximate surface area is 115 Å². The molecule has 0 aliphatic rings. The molecule has 1 aromatic carbocycles. The quantitative estimate of drug-likeness (QED) is 0.867. The molecule has 2 aromatic rings. The van der Waals surface area contributed by atoms with Crippen molar-refractivity contribution >= 4 is 0 Å². The summed E-state index contributed by atoms with van der Waals surface area (Å²) in [7, 11) is 0. The average Bonchev–Trinajstić information content (AvgIpc) is 2.44. The van der Waals surface area contributed by atoms with Crippen LogP contribution in [0.1, 0.15) is 29.8 Å². The third kappa shape index (κ3) is 2.67. The van der Waals surface area contributed by atoms with Gasteiger partial charge in [0, 0.05) is 17.5 Å². The molecule has 1 N–H and O–H groups in total. The van der Waals surface area contributed by atoms with Crippen molar-refractivity contribution in [3.63, 3.8) is 0 Å². The Bertz CT molecular complexity index is 614. The van der Waals surface area contributed by atoms with Gasteiger partial charge in [-0.2, -0.15) is 0 Å². The molecule has 20 heavy (non-hydrogen) atoms. The molecular weight excluding hydrogens is 265 g/mol. The lowest BCUT2D eigenvalue weighted by atomic mass is 9.97. The van der Waals surface area contributed by atoms with Crippen molar-refractivity contribution < 1.29 is 13.2 Å². The van der Waals surface area contributed by atoms with Crippen LogP contribution in [0.5, 0.6) is 0 Å². The van der Waals surface area contributed by atoms with Crippen molar-refractivity contribution in [1.82, 2.24) is 10.3 Å². The highest BCUT2D eigenvalue weighted by Crippen LogP contribution is 2.28. The highest BCUT2D eigenvalue weighted by molar-refractivity contribution is 5.35. The number of benzene rings is 1. The number of hydrogen-bond donors (Lipinski definition) is 1. The zero-order valence-electron chi connectivity index (χ0n) is 11.3. The molecule has 0 fully saturated rings. The van der Waals surface area contributed by atoms with Gasteiger partial charge < -0.3 is 5.32 Å². The summed E-state index contributed by atoms with van der Waals surface area (Å²) in [6, 6.07) is 5.14. The predicted octanol–water partition coefficient (Wildman–Crippen LogP) is 3.51. The van der Waals surface area contributed by atoms with Gasteiger partial charge in [0.15, 0.2) is 17.5 Å². The standard InChI is InChI=1S/C15H15F3N2/c1-3-19-15(10-5-4-8-20-9(10)2)11-6-7-12(16)14(18)13(11)17/h4-8,15,19H,3H2,1-2H3. The maximum absolute atomic E-state index is 14.0. The fourth-order valence-electron chi connectivity index (χ4n) is 2.16. The molecule has 1 heterocycles. The fraction of sp³-hybridized carbons (Fsp3) is 0.267. The van der Waals surface area contributed by atoms with Gasteiger partial charge >= 0.3 is 0 Å². The van der Waals surface area contributed by atoms with Gasteiger partial charge in [0.25, 0.3) is 0 Å². The van der Waals surface area contributed by atoms with Crippen LogP contribution in [-0.2, 0) is 0 Å². The Hall–Kier alpha value is -1.88. The second-order valence-corrected chi connectivity index (χ2v) is 4.43. The second-order valence-electron chi connectivity index (χ2n) is 4.43. The molecule has 0 bridgehead atoms. The van der Waals surface area contributed by atoms with E-state index in [-0.39, 0.29) is 5.56 Å². The molecule has 106 valence electrons. The van der Waals surface area contributed by atoms with Crippen molar-refractivity contribution in [3.05, 3.63) is 64.7 Å². The van der Waals surface area contributed by atoms with Crippen LogP contribution in [0, 0.1) is 24.4 Å². The van der Waals surface area contributed by atoms with Crippen molar-refractivity contribution in [1.29, 1.82) is 0 Å². The number of nitrogens with one attached hydrogen (secondary N) is 1. The Morgan fingerprint density at radius 1 is 1.10 bits per heavy atom. The number of pyridine rings is 1. The molecule has 2 rings (SSSR count). The van der Waals surface area contributed by atoms with Crippen molar-refractivity contribution in [2.45, 2.75) is 19.9 Å². The van der Waals surface area contributed by atoms with E-state index in [4.69, 9.17) is 0 Å². The number of hydrogen-bond acceptors (Lipinski definition) is 2. The van der Waals surface area contributed by atoms with Gasteiger partial charge in [-0.05, 0) is 31.2 Å². The van der Waals surface area contributed by atoms with Gasteiger partial charge in [-0.25, -0.2) is 13.2 Å². The van der Waals surface area contributed by atoms with Crippen LogP contribution in [-0.4, -0.2) is 11.5 Å². The first kappa shape index (κ1) is 14.5. The summed E-state index contributed by atoms with van der Waals surface area (Å²) in [5.41, 5.74) is 1.52. The summed E-state index contributed by atoms with van der Waals surface area (Å²) in [4.78, 5) is 4.15. The minimum Gasteiger partial charge on any atom is -0.306 e. The van der Waals surface area contributed by atoms with E-state index in [1.807, 2.05) is 6.92 Å². The van der Waals surface area contributed by atoms with Crippen LogP contribution in [0.2, 0.25) is 0 Å². The van der Waals surface area contributed by atoms with Crippen LogP contribution in [0.3, 0.4) is 0 Å². The number of rotatable bonds is 4. The first-order chi connectivity index (χ1) is 9.56. The number of aryl methyl sites for hydroxylation is 1. The molecule has 1 aromatic heterocycles. The Morgan fingerprint density at radius 2 is 1.85 bits per heavy atom. The summed E-state index contributed by atoms with van der Waals surface area (Å²) in [5.74, 6) is -3.81. The van der Waals surface area contributed by atoms with Crippen LogP contribution < -0.4 is 5.32 Å². The third-order valence-electron chi connectivity index (χ3n) is 3.14. The van der Waals surface area contributed by atoms with Gasteiger partial charge in [-0.3, -0.25) is 4.98 Å². The van der Waals surface area contributed by atoms with E-state index in [0.717, 1.165) is 11.6 Å². The molecule has 0 spiro atoms. The number of nitrogens with zero attached hydrogens (tertiary/aromatic N) is 1. The minimum absolute atomic E-state index is 0.0712. The van der Waals surface area contributed by atoms with Crippen molar-refractivity contribution in [2.24, 2.45) is 0 Å². The van der Waals surface area contributed by atoms with Gasteiger partial charge in [0.1, 0.15) is 0 Å². The lowest BCUT2D eigenvalue weighted by molar-refractivity contribution is 0.433. The van der Waals surface area contributed by atoms with Gasteiger partial charge in [0.05, 0.1) is 6.04 Å². The Balaban J connectivity index is 2.55. The van der Waals surface area contributed by atoms with E-state index in [1.54, 1.807) is 25.3 Å². The lowest BCUT2D eigenvalue weighted by Crippen LogP contribution is -2.24. The third-order valence-corrected chi connectivity index (χ3v) is 3.14. The highest BCUT2D eigenvalue weighted by atomic mass is 19.2. The molecule has 0 aliphatic carbocycles. The number of aromatic nitrogens is 1. The largest absolute Gasteiger partial charge is 0.306 e. The summed E-state index contributed by atoms with van der Waals surface area (Å²) in [6.07, 6.45) is 1.63. The first-order valence-corrected chi connectivity index (χ1v) is 6.34. The monoisotopic (exact) mass is 280 g/mol. The average molecular weight is 280 g/mol. The number of halogens is 3. The summed E-state index contributed by atoms with van der Waals surface area (Å²) in [6.45, 7) is 4.20. The maximum atomic E-state index is 14.0. The molecular formula is C15H15F3N2. The molecule has 0 amide bonds. The maximum Gasteiger partial charge on any atom is 0.194 e. The molecule has 0 saturated heterocycles. The summed E-state index contributed by atoms with van der Waals surface area (Å²) >= 11 is 0. The fourth-order valence-corrected chi connectivity index (χ4v) is 2.16. The molecule has 1 atom stereocenters. The van der Waals surface area contributed by atoms with Crippen LogP contribution in [0.4, 0.5) is 13.2 Å². The topological polar surface area (TPSA) is 24.9 Å². The van der Waals surface area contributed by atoms with E-state index in [0.29, 0.717) is 12.2 Å². The van der Waals surface area contributed by atoms with E-state index < -0.39 is 23.5 Å². The van der Waals surface area contributed by atoms with Gasteiger partial charge in [0.2, 0.25) is 0 Å². The molecule has 0 radical (unpaired) electrons. The lowest BCUT2D eigenvalue weighted by Gasteiger charge is -2.21. The minimum atomic E-state index is -1.45. The highest BCUT2D eigenvalue weighted by Gasteiger charge is 2.23. The van der Waals surface area contributed by atoms with E-state index >= 15 is 0 Å². The van der Waals surface area contributed by atoms with E-state index in [1.165, 1.54) is 6.07 Å². The second kappa shape index (κ2) is 6.05. The normalized spacial score (nSPS) is 12.4. The summed E-state index contributed by atoms with van der Waals surface area (Å²) in [5, 5.41) is 3.07. The van der Waals surface area contributed by atoms with E-state index in [9.17, 15) is 13.2 Å². The molecule has 0 aliphatic heterocycles. The molecule has 0 saturated carbocycles. The van der Waals surface area contributed by atoms with Gasteiger partial charge in [-0.1, -0.05) is 19.1 Å².